The van der Waals surface area contributed by atoms with Crippen molar-refractivity contribution in [2.75, 3.05) is 25.0 Å². The van der Waals surface area contributed by atoms with Crippen LogP contribution in [0.2, 0.25) is 0 Å². The molecule has 2 heterocycles. The van der Waals surface area contributed by atoms with E-state index in [1.807, 2.05) is 18.2 Å². The van der Waals surface area contributed by atoms with Crippen molar-refractivity contribution in [1.29, 1.82) is 0 Å². The number of nitrogens with one attached hydrogen (secondary N) is 1. The summed E-state index contributed by atoms with van der Waals surface area (Å²) in [5.41, 5.74) is 1.01. The number of para-hydroxylation sites is 1. The number of benzene rings is 1. The van der Waals surface area contributed by atoms with Crippen LogP contribution in [-0.2, 0) is 0 Å². The van der Waals surface area contributed by atoms with Gasteiger partial charge in [0.25, 0.3) is 0 Å². The first-order valence-corrected chi connectivity index (χ1v) is 9.26. The topological polar surface area (TPSA) is 65.5 Å². The summed E-state index contributed by atoms with van der Waals surface area (Å²) in [5.74, 6) is -0.279. The first-order valence-electron chi connectivity index (χ1n) is 9.26. The molecule has 0 aliphatic carbocycles. The molecule has 0 amide bonds. The molecule has 1 aliphatic heterocycles. The lowest BCUT2D eigenvalue weighted by molar-refractivity contribution is 0.0699. The average Bonchev–Trinajstić information content (AvgIpc) is 2.90. The molecular weight excluding hydrogens is 314 g/mol. The van der Waals surface area contributed by atoms with Crippen LogP contribution in [0.1, 0.15) is 49.4 Å². The summed E-state index contributed by atoms with van der Waals surface area (Å²) in [4.78, 5) is 18.7. The zero-order valence-corrected chi connectivity index (χ0v) is 14.9. The van der Waals surface area contributed by atoms with Gasteiger partial charge < -0.3 is 15.3 Å². The molecule has 2 N–H and O–H groups in total. The summed E-state index contributed by atoms with van der Waals surface area (Å²) in [6.45, 7) is 5.46. The van der Waals surface area contributed by atoms with Crippen molar-refractivity contribution in [1.82, 2.24) is 9.88 Å². The number of aromatic nitrogens is 1. The van der Waals surface area contributed by atoms with Crippen LogP contribution in [0, 0.1) is 0 Å². The van der Waals surface area contributed by atoms with Crippen molar-refractivity contribution in [2.24, 2.45) is 0 Å². The Balaban J connectivity index is 1.64. The summed E-state index contributed by atoms with van der Waals surface area (Å²) >= 11 is 0. The van der Waals surface area contributed by atoms with Crippen LogP contribution in [0.3, 0.4) is 0 Å². The van der Waals surface area contributed by atoms with Crippen LogP contribution in [0.15, 0.2) is 30.3 Å². The lowest BCUT2D eigenvalue weighted by Gasteiger charge is -2.27. The van der Waals surface area contributed by atoms with Crippen LogP contribution in [-0.4, -0.2) is 46.6 Å². The van der Waals surface area contributed by atoms with Gasteiger partial charge in [0.1, 0.15) is 5.82 Å². The fraction of sp³-hybridized carbons (Fsp3) is 0.500. The van der Waals surface area contributed by atoms with Crippen molar-refractivity contribution in [3.63, 3.8) is 0 Å². The van der Waals surface area contributed by atoms with E-state index >= 15 is 0 Å². The summed E-state index contributed by atoms with van der Waals surface area (Å²) in [5, 5.41) is 13.5. The molecule has 1 aliphatic rings. The smallest absolute Gasteiger partial charge is 0.336 e. The summed E-state index contributed by atoms with van der Waals surface area (Å²) in [6, 6.07) is 9.55. The molecule has 5 nitrogen and oxygen atoms in total. The molecule has 5 heteroatoms. The minimum Gasteiger partial charge on any atom is -0.478 e. The number of aromatic carboxylic acids is 1. The van der Waals surface area contributed by atoms with Crippen molar-refractivity contribution >= 4 is 22.7 Å². The van der Waals surface area contributed by atoms with E-state index in [-0.39, 0.29) is 0 Å². The number of carboxylic acid groups (broad SMARTS) is 1. The fourth-order valence-corrected chi connectivity index (χ4v) is 3.57. The number of likely N-dealkylation sites (tertiary alicyclic amines) is 1. The first kappa shape index (κ1) is 17.7. The predicted octanol–water partition coefficient (Wildman–Crippen LogP) is 4.00. The lowest BCUT2D eigenvalue weighted by atomic mass is 10.1. The van der Waals surface area contributed by atoms with Gasteiger partial charge in [-0.1, -0.05) is 31.0 Å². The Morgan fingerprint density at radius 3 is 2.68 bits per heavy atom. The normalized spacial score (nSPS) is 17.2. The number of carboxylic acids is 1. The van der Waals surface area contributed by atoms with E-state index in [1.165, 1.54) is 38.8 Å². The quantitative estimate of drug-likeness (QED) is 0.831. The van der Waals surface area contributed by atoms with Crippen molar-refractivity contribution in [3.05, 3.63) is 35.9 Å². The number of nitrogens with zero attached hydrogens (tertiary/aromatic N) is 2. The van der Waals surface area contributed by atoms with Gasteiger partial charge in [0.05, 0.1) is 11.1 Å². The van der Waals surface area contributed by atoms with Gasteiger partial charge in [-0.2, -0.15) is 0 Å². The van der Waals surface area contributed by atoms with E-state index in [1.54, 1.807) is 12.1 Å². The molecule has 0 bridgehead atoms. The van der Waals surface area contributed by atoms with Gasteiger partial charge in [0.15, 0.2) is 0 Å². The zero-order valence-electron chi connectivity index (χ0n) is 14.9. The minimum absolute atomic E-state index is 0.300. The van der Waals surface area contributed by atoms with Crippen molar-refractivity contribution < 1.29 is 9.90 Å². The number of hydrogen-bond acceptors (Lipinski definition) is 4. The Morgan fingerprint density at radius 1 is 1.24 bits per heavy atom. The molecule has 1 fully saturated rings. The van der Waals surface area contributed by atoms with Gasteiger partial charge in [0, 0.05) is 18.0 Å². The van der Waals surface area contributed by atoms with Crippen LogP contribution >= 0.6 is 0 Å². The Kier molecular flexibility index (Phi) is 5.87. The van der Waals surface area contributed by atoms with E-state index in [0.29, 0.717) is 28.3 Å². The SMILES string of the molecule is CC(CCNc1cc(C(=O)O)c2ccccc2n1)N1CCCCCC1. The molecule has 25 heavy (non-hydrogen) atoms. The molecule has 1 unspecified atom stereocenters. The van der Waals surface area contributed by atoms with Gasteiger partial charge in [-0.3, -0.25) is 0 Å². The number of rotatable bonds is 6. The van der Waals surface area contributed by atoms with E-state index in [0.717, 1.165) is 13.0 Å². The third kappa shape index (κ3) is 4.48. The lowest BCUT2D eigenvalue weighted by Crippen LogP contribution is -2.35. The van der Waals surface area contributed by atoms with Crippen LogP contribution in [0.4, 0.5) is 5.82 Å². The largest absolute Gasteiger partial charge is 0.478 e. The molecule has 1 saturated heterocycles. The number of hydrogen-bond donors (Lipinski definition) is 2. The van der Waals surface area contributed by atoms with E-state index in [2.05, 4.69) is 22.1 Å². The number of fused-ring (bicyclic) bond motifs is 1. The average molecular weight is 341 g/mol. The molecule has 1 aromatic heterocycles. The number of carbonyl (C=O) groups is 1. The molecule has 2 aromatic rings. The molecule has 134 valence electrons. The van der Waals surface area contributed by atoms with E-state index in [9.17, 15) is 9.90 Å². The fourth-order valence-electron chi connectivity index (χ4n) is 3.57. The van der Waals surface area contributed by atoms with Crippen LogP contribution < -0.4 is 5.32 Å². The molecule has 1 atom stereocenters. The van der Waals surface area contributed by atoms with Crippen LogP contribution in [0.5, 0.6) is 0 Å². The molecule has 0 radical (unpaired) electrons. The second-order valence-corrected chi connectivity index (χ2v) is 6.89. The third-order valence-corrected chi connectivity index (χ3v) is 5.08. The Bertz CT molecular complexity index is 724. The Morgan fingerprint density at radius 2 is 1.96 bits per heavy atom. The van der Waals surface area contributed by atoms with Gasteiger partial charge in [0.2, 0.25) is 0 Å². The first-order chi connectivity index (χ1) is 12.1. The number of anilines is 1. The highest BCUT2D eigenvalue weighted by Crippen LogP contribution is 2.21. The summed E-state index contributed by atoms with van der Waals surface area (Å²) < 4.78 is 0. The van der Waals surface area contributed by atoms with Crippen molar-refractivity contribution in [2.45, 2.75) is 45.1 Å². The van der Waals surface area contributed by atoms with Crippen LogP contribution in [0.25, 0.3) is 10.9 Å². The predicted molar refractivity (Wildman–Crippen MR) is 101 cm³/mol. The second-order valence-electron chi connectivity index (χ2n) is 6.89. The molecular formula is C20H27N3O2. The second kappa shape index (κ2) is 8.30. The molecule has 1 aromatic carbocycles. The maximum absolute atomic E-state index is 11.5. The maximum atomic E-state index is 11.5. The molecule has 0 saturated carbocycles. The maximum Gasteiger partial charge on any atom is 0.336 e. The third-order valence-electron chi connectivity index (χ3n) is 5.08. The van der Waals surface area contributed by atoms with E-state index < -0.39 is 5.97 Å². The highest BCUT2D eigenvalue weighted by Gasteiger charge is 2.16. The standard InChI is InChI=1S/C20H27N3O2/c1-15(23-12-6-2-3-7-13-23)10-11-21-19-14-17(20(24)25)16-8-4-5-9-18(16)22-19/h4-5,8-9,14-15H,2-3,6-7,10-13H2,1H3,(H,21,22)(H,24,25). The monoisotopic (exact) mass is 341 g/mol. The van der Waals surface area contributed by atoms with Crippen molar-refractivity contribution in [3.8, 4) is 0 Å². The minimum atomic E-state index is -0.917. The zero-order chi connectivity index (χ0) is 17.6. The molecule has 3 rings (SSSR count). The Labute approximate surface area is 149 Å². The van der Waals surface area contributed by atoms with Gasteiger partial charge >= 0.3 is 5.97 Å². The number of pyridine rings is 1. The van der Waals surface area contributed by atoms with Gasteiger partial charge in [-0.15, -0.1) is 0 Å². The highest BCUT2D eigenvalue weighted by atomic mass is 16.4. The summed E-state index contributed by atoms with van der Waals surface area (Å²) in [6.07, 6.45) is 6.32. The Hall–Kier alpha value is -2.14. The van der Waals surface area contributed by atoms with E-state index in [4.69, 9.17) is 0 Å². The van der Waals surface area contributed by atoms with Gasteiger partial charge in [-0.05, 0) is 51.4 Å². The molecule has 0 spiro atoms. The highest BCUT2D eigenvalue weighted by molar-refractivity contribution is 6.03. The van der Waals surface area contributed by atoms with Gasteiger partial charge in [-0.25, -0.2) is 9.78 Å². The summed E-state index contributed by atoms with van der Waals surface area (Å²) in [7, 11) is 0.